The molecule has 0 aliphatic rings. The van der Waals surface area contributed by atoms with Gasteiger partial charge < -0.3 is 4.74 Å². The van der Waals surface area contributed by atoms with Crippen molar-refractivity contribution in [3.8, 4) is 28.0 Å². The van der Waals surface area contributed by atoms with Gasteiger partial charge in [-0.3, -0.25) is 0 Å². The number of aryl methyl sites for hydroxylation is 1. The highest BCUT2D eigenvalue weighted by Gasteiger charge is 2.06. The van der Waals surface area contributed by atoms with Crippen LogP contribution in [-0.4, -0.2) is 7.11 Å². The summed E-state index contributed by atoms with van der Waals surface area (Å²) in [6.07, 6.45) is 2.28. The van der Waals surface area contributed by atoms with Crippen LogP contribution in [0.4, 0.5) is 4.39 Å². The Hall–Kier alpha value is -3.13. The van der Waals surface area contributed by atoms with Crippen LogP contribution in [0.15, 0.2) is 78.9 Å². The minimum absolute atomic E-state index is 0.263. The lowest BCUT2D eigenvalue weighted by Gasteiger charge is -2.09. The first kappa shape index (κ1) is 18.2. The third kappa shape index (κ3) is 3.63. The molecule has 4 aromatic rings. The Balaban J connectivity index is 1.63. The van der Waals surface area contributed by atoms with Crippen molar-refractivity contribution in [3.05, 3.63) is 90.2 Å². The van der Waals surface area contributed by atoms with E-state index in [4.69, 9.17) is 4.74 Å². The molecule has 0 aromatic heterocycles. The van der Waals surface area contributed by atoms with Crippen molar-refractivity contribution in [1.82, 2.24) is 0 Å². The molecule has 0 aliphatic heterocycles. The van der Waals surface area contributed by atoms with E-state index in [1.807, 2.05) is 18.2 Å². The van der Waals surface area contributed by atoms with Crippen molar-refractivity contribution in [2.24, 2.45) is 0 Å². The Kier molecular flexibility index (Phi) is 5.12. The Morgan fingerprint density at radius 2 is 1.25 bits per heavy atom. The minimum atomic E-state index is -0.346. The van der Waals surface area contributed by atoms with Crippen molar-refractivity contribution in [2.45, 2.75) is 19.8 Å². The molecule has 1 nitrogen and oxygen atoms in total. The van der Waals surface area contributed by atoms with E-state index in [2.05, 4.69) is 55.5 Å². The molecule has 28 heavy (non-hydrogen) atoms. The first-order chi connectivity index (χ1) is 13.7. The van der Waals surface area contributed by atoms with Crippen LogP contribution in [-0.2, 0) is 6.42 Å². The molecule has 0 spiro atoms. The zero-order valence-corrected chi connectivity index (χ0v) is 16.2. The van der Waals surface area contributed by atoms with Crippen LogP contribution >= 0.6 is 0 Å². The highest BCUT2D eigenvalue weighted by atomic mass is 19.1. The van der Waals surface area contributed by atoms with Gasteiger partial charge in [-0.05, 0) is 63.2 Å². The summed E-state index contributed by atoms with van der Waals surface area (Å²) in [6, 6.07) is 26.6. The summed E-state index contributed by atoms with van der Waals surface area (Å²) in [7, 11) is 1.47. The first-order valence-corrected chi connectivity index (χ1v) is 9.65. The summed E-state index contributed by atoms with van der Waals surface area (Å²) in [5.74, 6) is -0.0836. The van der Waals surface area contributed by atoms with Gasteiger partial charge in [-0.15, -0.1) is 0 Å². The van der Waals surface area contributed by atoms with E-state index in [0.717, 1.165) is 29.5 Å². The zero-order chi connectivity index (χ0) is 19.5. The maximum absolute atomic E-state index is 14.0. The van der Waals surface area contributed by atoms with E-state index < -0.39 is 0 Å². The quantitative estimate of drug-likeness (QED) is 0.359. The lowest BCUT2D eigenvalue weighted by atomic mass is 9.97. The second kappa shape index (κ2) is 7.85. The van der Waals surface area contributed by atoms with Gasteiger partial charge >= 0.3 is 0 Å². The summed E-state index contributed by atoms with van der Waals surface area (Å²) in [5.41, 5.74) is 5.54. The maximum atomic E-state index is 14.0. The van der Waals surface area contributed by atoms with Gasteiger partial charge in [-0.1, -0.05) is 74.0 Å². The van der Waals surface area contributed by atoms with Crippen LogP contribution in [0.1, 0.15) is 18.9 Å². The summed E-state index contributed by atoms with van der Waals surface area (Å²) < 4.78 is 19.0. The van der Waals surface area contributed by atoms with Gasteiger partial charge in [0.2, 0.25) is 0 Å². The summed E-state index contributed by atoms with van der Waals surface area (Å²) in [5, 5.41) is 2.53. The van der Waals surface area contributed by atoms with Crippen molar-refractivity contribution < 1.29 is 9.13 Å². The molecule has 0 amide bonds. The molecule has 140 valence electrons. The molecule has 0 fully saturated rings. The predicted molar refractivity (Wildman–Crippen MR) is 115 cm³/mol. The van der Waals surface area contributed by atoms with Gasteiger partial charge in [0.05, 0.1) is 7.11 Å². The van der Waals surface area contributed by atoms with E-state index >= 15 is 0 Å². The van der Waals surface area contributed by atoms with Crippen molar-refractivity contribution in [3.63, 3.8) is 0 Å². The van der Waals surface area contributed by atoms with Gasteiger partial charge in [0, 0.05) is 0 Å². The number of hydrogen-bond donors (Lipinski definition) is 0. The number of hydrogen-bond acceptors (Lipinski definition) is 1. The summed E-state index contributed by atoms with van der Waals surface area (Å²) in [4.78, 5) is 0. The molecule has 0 unspecified atom stereocenters. The standard InChI is InChI=1S/C26H23FO/c1-3-4-18-5-6-23-16-22(12-11-21(23)15-18)19-7-9-20(10-8-19)24-13-14-26(28-2)25(27)17-24/h5-17H,3-4H2,1-2H3. The predicted octanol–water partition coefficient (Wildman–Crippen LogP) is 7.27. The van der Waals surface area contributed by atoms with Gasteiger partial charge in [-0.25, -0.2) is 4.39 Å². The highest BCUT2D eigenvalue weighted by molar-refractivity contribution is 5.88. The Morgan fingerprint density at radius 1 is 0.679 bits per heavy atom. The highest BCUT2D eigenvalue weighted by Crippen LogP contribution is 2.29. The molecular weight excluding hydrogens is 347 g/mol. The van der Waals surface area contributed by atoms with Crippen LogP contribution in [0.2, 0.25) is 0 Å². The molecule has 0 atom stereocenters. The SMILES string of the molecule is CCCc1ccc2cc(-c3ccc(-c4ccc(OC)c(F)c4)cc3)ccc2c1. The van der Waals surface area contributed by atoms with Gasteiger partial charge in [0.25, 0.3) is 0 Å². The van der Waals surface area contributed by atoms with E-state index in [9.17, 15) is 4.39 Å². The van der Waals surface area contributed by atoms with E-state index in [1.54, 1.807) is 6.07 Å². The Labute approximate surface area is 165 Å². The van der Waals surface area contributed by atoms with Crippen molar-refractivity contribution in [1.29, 1.82) is 0 Å². The van der Waals surface area contributed by atoms with E-state index in [1.165, 1.54) is 35.1 Å². The minimum Gasteiger partial charge on any atom is -0.494 e. The molecule has 0 heterocycles. The number of halogens is 1. The number of fused-ring (bicyclic) bond motifs is 1. The third-order valence-corrected chi connectivity index (χ3v) is 5.15. The average Bonchev–Trinajstić information content (AvgIpc) is 2.73. The molecule has 0 N–H and O–H groups in total. The largest absolute Gasteiger partial charge is 0.494 e. The Bertz CT molecular complexity index is 1110. The fraction of sp³-hybridized carbons (Fsp3) is 0.154. The molecule has 0 aliphatic carbocycles. The van der Waals surface area contributed by atoms with Crippen LogP contribution in [0, 0.1) is 5.82 Å². The fourth-order valence-corrected chi connectivity index (χ4v) is 3.62. The number of rotatable bonds is 5. The van der Waals surface area contributed by atoms with E-state index in [-0.39, 0.29) is 11.6 Å². The van der Waals surface area contributed by atoms with Crippen molar-refractivity contribution >= 4 is 10.8 Å². The summed E-state index contributed by atoms with van der Waals surface area (Å²) in [6.45, 7) is 2.21. The number of ether oxygens (including phenoxy) is 1. The molecule has 4 rings (SSSR count). The second-order valence-corrected chi connectivity index (χ2v) is 7.07. The van der Waals surface area contributed by atoms with Crippen LogP contribution < -0.4 is 4.74 Å². The molecule has 2 heteroatoms. The molecule has 0 saturated heterocycles. The molecule has 0 saturated carbocycles. The third-order valence-electron chi connectivity index (χ3n) is 5.15. The van der Waals surface area contributed by atoms with E-state index in [0.29, 0.717) is 0 Å². The maximum Gasteiger partial charge on any atom is 0.165 e. The van der Waals surface area contributed by atoms with Crippen LogP contribution in [0.5, 0.6) is 5.75 Å². The second-order valence-electron chi connectivity index (χ2n) is 7.07. The molecule has 4 aromatic carbocycles. The van der Waals surface area contributed by atoms with Crippen LogP contribution in [0.25, 0.3) is 33.0 Å². The normalized spacial score (nSPS) is 11.0. The lowest BCUT2D eigenvalue weighted by molar-refractivity contribution is 0.386. The topological polar surface area (TPSA) is 9.23 Å². The van der Waals surface area contributed by atoms with Crippen molar-refractivity contribution in [2.75, 3.05) is 7.11 Å². The first-order valence-electron chi connectivity index (χ1n) is 9.65. The van der Waals surface area contributed by atoms with Crippen LogP contribution in [0.3, 0.4) is 0 Å². The van der Waals surface area contributed by atoms with Gasteiger partial charge in [0.15, 0.2) is 11.6 Å². The molecular formula is C26H23FO. The number of benzene rings is 4. The zero-order valence-electron chi connectivity index (χ0n) is 16.2. The van der Waals surface area contributed by atoms with Gasteiger partial charge in [-0.2, -0.15) is 0 Å². The monoisotopic (exact) mass is 370 g/mol. The van der Waals surface area contributed by atoms with Gasteiger partial charge in [0.1, 0.15) is 0 Å². The molecule has 0 radical (unpaired) electrons. The molecule has 0 bridgehead atoms. The Morgan fingerprint density at radius 3 is 1.89 bits per heavy atom. The number of methoxy groups -OCH3 is 1. The smallest absolute Gasteiger partial charge is 0.165 e. The average molecular weight is 370 g/mol. The lowest BCUT2D eigenvalue weighted by Crippen LogP contribution is -1.88. The fourth-order valence-electron chi connectivity index (χ4n) is 3.62. The summed E-state index contributed by atoms with van der Waals surface area (Å²) >= 11 is 0.